The Morgan fingerprint density at radius 1 is 1.41 bits per heavy atom. The van der Waals surface area contributed by atoms with Gasteiger partial charge in [-0.05, 0) is 26.0 Å². The molecule has 1 aromatic carbocycles. The molecule has 1 heterocycles. The zero-order valence-electron chi connectivity index (χ0n) is 9.52. The summed E-state index contributed by atoms with van der Waals surface area (Å²) in [6, 6.07) is 4.87. The lowest BCUT2D eigenvalue weighted by Crippen LogP contribution is -2.13. The Bertz CT molecular complexity index is 563. The van der Waals surface area contributed by atoms with Crippen LogP contribution in [0, 0.1) is 13.8 Å². The van der Waals surface area contributed by atoms with Crippen molar-refractivity contribution in [2.45, 2.75) is 13.8 Å². The summed E-state index contributed by atoms with van der Waals surface area (Å²) in [5.74, 6) is -0.138. The number of aryl methyl sites for hydroxylation is 1. The minimum atomic E-state index is -0.257. The van der Waals surface area contributed by atoms with Gasteiger partial charge in [0.05, 0.1) is 5.69 Å². The number of phenolic OH excluding ortho intramolecular Hbond substituents is 1. The van der Waals surface area contributed by atoms with Crippen molar-refractivity contribution in [3.8, 4) is 5.75 Å². The number of phenols is 1. The lowest BCUT2D eigenvalue weighted by atomic mass is 10.1. The molecule has 1 amide bonds. The maximum absolute atomic E-state index is 11.9. The van der Waals surface area contributed by atoms with Gasteiger partial charge in [0, 0.05) is 16.5 Å². The standard InChI is InChI=1S/C12H12N2O2S/c1-7-6-17-12(13-7)14-11(16)9-4-3-5-10(15)8(9)2/h3-6,15H,1-2H3,(H,13,14,16). The number of aromatic hydroxyl groups is 1. The number of thiazole rings is 1. The fourth-order valence-electron chi connectivity index (χ4n) is 1.45. The quantitative estimate of drug-likeness (QED) is 0.859. The van der Waals surface area contributed by atoms with Crippen LogP contribution in [-0.4, -0.2) is 16.0 Å². The van der Waals surface area contributed by atoms with Crippen LogP contribution in [0.2, 0.25) is 0 Å². The molecule has 1 aromatic heterocycles. The molecule has 0 atom stereocenters. The Morgan fingerprint density at radius 2 is 2.18 bits per heavy atom. The minimum absolute atomic E-state index is 0.118. The van der Waals surface area contributed by atoms with Crippen molar-refractivity contribution >= 4 is 22.4 Å². The highest BCUT2D eigenvalue weighted by molar-refractivity contribution is 7.13. The predicted octanol–water partition coefficient (Wildman–Crippen LogP) is 2.72. The summed E-state index contributed by atoms with van der Waals surface area (Å²) in [5, 5.41) is 14.7. The van der Waals surface area contributed by atoms with Crippen molar-refractivity contribution < 1.29 is 9.90 Å². The highest BCUT2D eigenvalue weighted by atomic mass is 32.1. The fraction of sp³-hybridized carbons (Fsp3) is 0.167. The van der Waals surface area contributed by atoms with Gasteiger partial charge in [0.1, 0.15) is 5.75 Å². The van der Waals surface area contributed by atoms with Gasteiger partial charge in [-0.2, -0.15) is 0 Å². The van der Waals surface area contributed by atoms with Gasteiger partial charge in [0.15, 0.2) is 5.13 Å². The normalized spacial score (nSPS) is 10.2. The summed E-state index contributed by atoms with van der Waals surface area (Å²) < 4.78 is 0. The summed E-state index contributed by atoms with van der Waals surface area (Å²) in [6.45, 7) is 3.57. The van der Waals surface area contributed by atoms with E-state index >= 15 is 0 Å². The SMILES string of the molecule is Cc1csc(NC(=O)c2cccc(O)c2C)n1. The Hall–Kier alpha value is -1.88. The Balaban J connectivity index is 2.23. The molecule has 17 heavy (non-hydrogen) atoms. The number of rotatable bonds is 2. The predicted molar refractivity (Wildman–Crippen MR) is 67.6 cm³/mol. The van der Waals surface area contributed by atoms with E-state index in [0.717, 1.165) is 5.69 Å². The van der Waals surface area contributed by atoms with Gasteiger partial charge in [0.25, 0.3) is 5.91 Å². The molecule has 2 aromatic rings. The first-order chi connectivity index (χ1) is 8.08. The van der Waals surface area contributed by atoms with Crippen molar-refractivity contribution in [3.05, 3.63) is 40.4 Å². The summed E-state index contributed by atoms with van der Waals surface area (Å²) in [4.78, 5) is 16.1. The Kier molecular flexibility index (Phi) is 3.10. The van der Waals surface area contributed by atoms with Crippen molar-refractivity contribution in [1.29, 1.82) is 0 Å². The largest absolute Gasteiger partial charge is 0.508 e. The van der Waals surface area contributed by atoms with E-state index in [2.05, 4.69) is 10.3 Å². The van der Waals surface area contributed by atoms with E-state index in [1.54, 1.807) is 25.1 Å². The van der Waals surface area contributed by atoms with Crippen LogP contribution in [0.3, 0.4) is 0 Å². The molecule has 0 aliphatic carbocycles. The Morgan fingerprint density at radius 3 is 2.82 bits per heavy atom. The number of amides is 1. The smallest absolute Gasteiger partial charge is 0.257 e. The molecule has 4 nitrogen and oxygen atoms in total. The number of benzene rings is 1. The summed E-state index contributed by atoms with van der Waals surface area (Å²) in [5.41, 5.74) is 1.90. The average molecular weight is 248 g/mol. The molecule has 2 N–H and O–H groups in total. The van der Waals surface area contributed by atoms with E-state index in [4.69, 9.17) is 0 Å². The number of carbonyl (C=O) groups is 1. The van der Waals surface area contributed by atoms with Crippen molar-refractivity contribution in [2.24, 2.45) is 0 Å². The summed E-state index contributed by atoms with van der Waals surface area (Å²) in [6.07, 6.45) is 0. The zero-order valence-corrected chi connectivity index (χ0v) is 10.3. The molecule has 2 rings (SSSR count). The number of nitrogens with zero attached hydrogens (tertiary/aromatic N) is 1. The van der Waals surface area contributed by atoms with Gasteiger partial charge >= 0.3 is 0 Å². The highest BCUT2D eigenvalue weighted by Crippen LogP contribution is 2.21. The van der Waals surface area contributed by atoms with Crippen LogP contribution in [0.4, 0.5) is 5.13 Å². The van der Waals surface area contributed by atoms with Gasteiger partial charge in [-0.15, -0.1) is 11.3 Å². The van der Waals surface area contributed by atoms with Gasteiger partial charge in [-0.3, -0.25) is 10.1 Å². The maximum atomic E-state index is 11.9. The van der Waals surface area contributed by atoms with Gasteiger partial charge < -0.3 is 5.11 Å². The molecular formula is C12H12N2O2S. The molecule has 0 spiro atoms. The minimum Gasteiger partial charge on any atom is -0.508 e. The van der Waals surface area contributed by atoms with Gasteiger partial charge in [-0.25, -0.2) is 4.98 Å². The van der Waals surface area contributed by atoms with E-state index in [-0.39, 0.29) is 11.7 Å². The van der Waals surface area contributed by atoms with Crippen LogP contribution in [-0.2, 0) is 0 Å². The van der Waals surface area contributed by atoms with E-state index < -0.39 is 0 Å². The van der Waals surface area contributed by atoms with Crippen LogP contribution < -0.4 is 5.32 Å². The maximum Gasteiger partial charge on any atom is 0.257 e. The second-order valence-corrected chi connectivity index (χ2v) is 4.56. The fourth-order valence-corrected chi connectivity index (χ4v) is 2.13. The molecule has 0 saturated carbocycles. The lowest BCUT2D eigenvalue weighted by Gasteiger charge is -2.06. The van der Waals surface area contributed by atoms with E-state index in [9.17, 15) is 9.90 Å². The molecular weight excluding hydrogens is 236 g/mol. The second kappa shape index (κ2) is 4.55. The van der Waals surface area contributed by atoms with Crippen LogP contribution in [0.5, 0.6) is 5.75 Å². The second-order valence-electron chi connectivity index (χ2n) is 3.70. The van der Waals surface area contributed by atoms with Crippen LogP contribution in [0.25, 0.3) is 0 Å². The van der Waals surface area contributed by atoms with Crippen molar-refractivity contribution in [3.63, 3.8) is 0 Å². The van der Waals surface area contributed by atoms with Gasteiger partial charge in [0.2, 0.25) is 0 Å². The molecule has 0 fully saturated rings. The number of aromatic nitrogens is 1. The molecule has 0 saturated heterocycles. The lowest BCUT2D eigenvalue weighted by molar-refractivity contribution is 0.102. The third-order valence-electron chi connectivity index (χ3n) is 2.39. The van der Waals surface area contributed by atoms with Crippen LogP contribution in [0.1, 0.15) is 21.6 Å². The third kappa shape index (κ3) is 2.45. The van der Waals surface area contributed by atoms with Crippen molar-refractivity contribution in [1.82, 2.24) is 4.98 Å². The molecule has 0 aliphatic rings. The van der Waals surface area contributed by atoms with E-state index in [1.165, 1.54) is 11.3 Å². The summed E-state index contributed by atoms with van der Waals surface area (Å²) >= 11 is 1.38. The Labute approximate surface area is 103 Å². The molecule has 0 radical (unpaired) electrons. The third-order valence-corrected chi connectivity index (χ3v) is 3.26. The van der Waals surface area contributed by atoms with E-state index in [1.807, 2.05) is 12.3 Å². The molecule has 0 bridgehead atoms. The number of carbonyl (C=O) groups excluding carboxylic acids is 1. The average Bonchev–Trinajstić information content (AvgIpc) is 2.68. The molecule has 88 valence electrons. The topological polar surface area (TPSA) is 62.2 Å². The van der Waals surface area contributed by atoms with Crippen LogP contribution in [0.15, 0.2) is 23.6 Å². The monoisotopic (exact) mass is 248 g/mol. The van der Waals surface area contributed by atoms with E-state index in [0.29, 0.717) is 16.3 Å². The number of hydrogen-bond acceptors (Lipinski definition) is 4. The summed E-state index contributed by atoms with van der Waals surface area (Å²) in [7, 11) is 0. The highest BCUT2D eigenvalue weighted by Gasteiger charge is 2.12. The number of hydrogen-bond donors (Lipinski definition) is 2. The molecule has 5 heteroatoms. The first kappa shape index (κ1) is 11.6. The number of nitrogens with one attached hydrogen (secondary N) is 1. The zero-order chi connectivity index (χ0) is 12.4. The molecule has 0 unspecified atom stereocenters. The first-order valence-corrected chi connectivity index (χ1v) is 5.98. The van der Waals surface area contributed by atoms with Gasteiger partial charge in [-0.1, -0.05) is 6.07 Å². The van der Waals surface area contributed by atoms with Crippen molar-refractivity contribution in [2.75, 3.05) is 5.32 Å². The first-order valence-electron chi connectivity index (χ1n) is 5.10. The van der Waals surface area contributed by atoms with Crippen LogP contribution >= 0.6 is 11.3 Å². The number of anilines is 1. The molecule has 0 aliphatic heterocycles.